The third kappa shape index (κ3) is 1.84. The SMILES string of the molecule is CCC1(C)c2nnc(-c3ccccc3F)cc2[C@@H](C)C1(C)C. The topological polar surface area (TPSA) is 25.8 Å². The van der Waals surface area contributed by atoms with E-state index < -0.39 is 0 Å². The lowest BCUT2D eigenvalue weighted by atomic mass is 9.64. The maximum atomic E-state index is 14.0. The van der Waals surface area contributed by atoms with Gasteiger partial charge in [0.15, 0.2) is 0 Å². The van der Waals surface area contributed by atoms with Gasteiger partial charge in [-0.1, -0.05) is 46.8 Å². The van der Waals surface area contributed by atoms with Gasteiger partial charge in [0.05, 0.1) is 11.4 Å². The molecule has 0 spiro atoms. The van der Waals surface area contributed by atoms with Crippen molar-refractivity contribution in [2.75, 3.05) is 0 Å². The maximum absolute atomic E-state index is 14.0. The lowest BCUT2D eigenvalue weighted by molar-refractivity contribution is 0.163. The van der Waals surface area contributed by atoms with Gasteiger partial charge in [0.25, 0.3) is 0 Å². The van der Waals surface area contributed by atoms with E-state index in [0.717, 1.165) is 12.1 Å². The molecule has 1 aromatic heterocycles. The number of halogens is 1. The standard InChI is InChI=1S/C19H23FN2/c1-6-19(5)17-14(12(2)18(19,3)4)11-16(21-22-17)13-9-7-8-10-15(13)20/h7-12H,6H2,1-5H3/t12-,19?/m1/s1. The second-order valence-corrected chi connectivity index (χ2v) is 7.14. The van der Waals surface area contributed by atoms with Gasteiger partial charge in [0.1, 0.15) is 5.82 Å². The van der Waals surface area contributed by atoms with Crippen LogP contribution in [-0.4, -0.2) is 10.2 Å². The summed E-state index contributed by atoms with van der Waals surface area (Å²) in [6.45, 7) is 11.3. The van der Waals surface area contributed by atoms with Crippen LogP contribution in [-0.2, 0) is 5.41 Å². The van der Waals surface area contributed by atoms with Crippen molar-refractivity contribution in [3.63, 3.8) is 0 Å². The van der Waals surface area contributed by atoms with E-state index in [4.69, 9.17) is 0 Å². The van der Waals surface area contributed by atoms with Crippen molar-refractivity contribution in [3.05, 3.63) is 47.4 Å². The Morgan fingerprint density at radius 1 is 1.14 bits per heavy atom. The van der Waals surface area contributed by atoms with E-state index >= 15 is 0 Å². The highest BCUT2D eigenvalue weighted by Crippen LogP contribution is 2.59. The molecule has 22 heavy (non-hydrogen) atoms. The van der Waals surface area contributed by atoms with Gasteiger partial charge in [0.2, 0.25) is 0 Å². The summed E-state index contributed by atoms with van der Waals surface area (Å²) < 4.78 is 14.0. The molecular weight excluding hydrogens is 275 g/mol. The summed E-state index contributed by atoms with van der Waals surface area (Å²) in [5.41, 5.74) is 3.54. The Labute approximate surface area is 131 Å². The second-order valence-electron chi connectivity index (χ2n) is 7.14. The highest BCUT2D eigenvalue weighted by molar-refractivity contribution is 5.61. The Morgan fingerprint density at radius 2 is 1.82 bits per heavy atom. The minimum absolute atomic E-state index is 0.00249. The largest absolute Gasteiger partial charge is 0.206 e. The van der Waals surface area contributed by atoms with Gasteiger partial charge in [0, 0.05) is 11.0 Å². The fourth-order valence-electron chi connectivity index (χ4n) is 3.76. The molecule has 1 aliphatic rings. The normalized spacial score (nSPS) is 26.0. The van der Waals surface area contributed by atoms with E-state index in [1.165, 1.54) is 11.6 Å². The van der Waals surface area contributed by atoms with E-state index in [0.29, 0.717) is 17.2 Å². The van der Waals surface area contributed by atoms with Crippen LogP contribution >= 0.6 is 0 Å². The number of nitrogens with zero attached hydrogens (tertiary/aromatic N) is 2. The molecule has 1 heterocycles. The maximum Gasteiger partial charge on any atom is 0.132 e. The van der Waals surface area contributed by atoms with Crippen molar-refractivity contribution in [2.45, 2.75) is 52.4 Å². The Morgan fingerprint density at radius 3 is 2.45 bits per heavy atom. The van der Waals surface area contributed by atoms with E-state index in [9.17, 15) is 4.39 Å². The lowest BCUT2D eigenvalue weighted by Crippen LogP contribution is -2.36. The first-order valence-corrected chi connectivity index (χ1v) is 7.96. The molecule has 0 aliphatic heterocycles. The number of hydrogen-bond acceptors (Lipinski definition) is 2. The molecule has 0 radical (unpaired) electrons. The monoisotopic (exact) mass is 298 g/mol. The number of rotatable bonds is 2. The Bertz CT molecular complexity index is 723. The summed E-state index contributed by atoms with van der Waals surface area (Å²) in [5, 5.41) is 8.86. The smallest absolute Gasteiger partial charge is 0.132 e. The van der Waals surface area contributed by atoms with Gasteiger partial charge < -0.3 is 0 Å². The molecule has 0 saturated carbocycles. The van der Waals surface area contributed by atoms with E-state index in [-0.39, 0.29) is 16.6 Å². The zero-order valence-electron chi connectivity index (χ0n) is 13.9. The Balaban J connectivity index is 2.18. The van der Waals surface area contributed by atoms with E-state index in [1.54, 1.807) is 12.1 Å². The molecule has 2 atom stereocenters. The first kappa shape index (κ1) is 15.1. The van der Waals surface area contributed by atoms with Crippen LogP contribution in [0.1, 0.15) is 58.2 Å². The van der Waals surface area contributed by atoms with Crippen molar-refractivity contribution in [2.24, 2.45) is 5.41 Å². The van der Waals surface area contributed by atoms with Gasteiger partial charge in [-0.3, -0.25) is 0 Å². The van der Waals surface area contributed by atoms with Crippen molar-refractivity contribution in [1.82, 2.24) is 10.2 Å². The van der Waals surface area contributed by atoms with Gasteiger partial charge >= 0.3 is 0 Å². The summed E-state index contributed by atoms with van der Waals surface area (Å²) in [5.74, 6) is 0.119. The average Bonchev–Trinajstić information content (AvgIpc) is 2.66. The third-order valence-electron chi connectivity index (χ3n) is 6.17. The number of aromatic nitrogens is 2. The molecule has 1 aliphatic carbocycles. The Hall–Kier alpha value is -1.77. The number of fused-ring (bicyclic) bond motifs is 1. The highest BCUT2D eigenvalue weighted by Gasteiger charge is 2.53. The summed E-state index contributed by atoms with van der Waals surface area (Å²) in [4.78, 5) is 0. The number of benzene rings is 1. The molecule has 2 nitrogen and oxygen atoms in total. The van der Waals surface area contributed by atoms with E-state index in [2.05, 4.69) is 44.8 Å². The molecular formula is C19H23FN2. The van der Waals surface area contributed by atoms with E-state index in [1.807, 2.05) is 12.1 Å². The molecule has 0 saturated heterocycles. The van der Waals surface area contributed by atoms with Crippen LogP contribution in [0.15, 0.2) is 30.3 Å². The molecule has 0 amide bonds. The summed E-state index contributed by atoms with van der Waals surface area (Å²) in [6.07, 6.45) is 1.02. The minimum atomic E-state index is -0.250. The van der Waals surface area contributed by atoms with Gasteiger partial charge in [-0.25, -0.2) is 4.39 Å². The molecule has 3 rings (SSSR count). The van der Waals surface area contributed by atoms with Crippen molar-refractivity contribution < 1.29 is 4.39 Å². The van der Waals surface area contributed by atoms with Crippen LogP contribution in [0.25, 0.3) is 11.3 Å². The predicted octanol–water partition coefficient (Wildman–Crippen LogP) is 5.09. The summed E-state index contributed by atoms with van der Waals surface area (Å²) in [7, 11) is 0. The lowest BCUT2D eigenvalue weighted by Gasteiger charge is -2.40. The summed E-state index contributed by atoms with van der Waals surface area (Å²) in [6, 6.07) is 8.79. The Kier molecular flexibility index (Phi) is 3.35. The molecule has 0 bridgehead atoms. The van der Waals surface area contributed by atoms with Gasteiger partial charge in [-0.15, -0.1) is 0 Å². The van der Waals surface area contributed by atoms with Crippen LogP contribution in [0, 0.1) is 11.2 Å². The first-order valence-electron chi connectivity index (χ1n) is 7.96. The highest BCUT2D eigenvalue weighted by atomic mass is 19.1. The zero-order valence-corrected chi connectivity index (χ0v) is 13.9. The molecule has 2 aromatic rings. The van der Waals surface area contributed by atoms with Crippen LogP contribution in [0.5, 0.6) is 0 Å². The van der Waals surface area contributed by atoms with Crippen LogP contribution < -0.4 is 0 Å². The van der Waals surface area contributed by atoms with Gasteiger partial charge in [-0.2, -0.15) is 10.2 Å². The number of hydrogen-bond donors (Lipinski definition) is 0. The molecule has 116 valence electrons. The van der Waals surface area contributed by atoms with Gasteiger partial charge in [-0.05, 0) is 41.5 Å². The minimum Gasteiger partial charge on any atom is -0.206 e. The predicted molar refractivity (Wildman–Crippen MR) is 87.3 cm³/mol. The van der Waals surface area contributed by atoms with Crippen LogP contribution in [0.4, 0.5) is 4.39 Å². The van der Waals surface area contributed by atoms with Crippen LogP contribution in [0.2, 0.25) is 0 Å². The molecule has 3 heteroatoms. The zero-order chi connectivity index (χ0) is 16.1. The van der Waals surface area contributed by atoms with Crippen molar-refractivity contribution in [3.8, 4) is 11.3 Å². The average molecular weight is 298 g/mol. The van der Waals surface area contributed by atoms with Crippen molar-refractivity contribution >= 4 is 0 Å². The first-order chi connectivity index (χ1) is 10.3. The molecule has 1 unspecified atom stereocenters. The summed E-state index contributed by atoms with van der Waals surface area (Å²) >= 11 is 0. The molecule has 1 aromatic carbocycles. The third-order valence-corrected chi connectivity index (χ3v) is 6.17. The molecule has 0 N–H and O–H groups in total. The quantitative estimate of drug-likeness (QED) is 0.771. The fraction of sp³-hybridized carbons (Fsp3) is 0.474. The fourth-order valence-corrected chi connectivity index (χ4v) is 3.76. The van der Waals surface area contributed by atoms with Crippen molar-refractivity contribution in [1.29, 1.82) is 0 Å². The second kappa shape index (κ2) is 4.87. The molecule has 0 fully saturated rings. The van der Waals surface area contributed by atoms with Crippen LogP contribution in [0.3, 0.4) is 0 Å².